The molecule has 7 heteroatoms. The van der Waals surface area contributed by atoms with Crippen molar-refractivity contribution in [2.45, 2.75) is 26.0 Å². The second-order valence-electron chi connectivity index (χ2n) is 7.68. The summed E-state index contributed by atoms with van der Waals surface area (Å²) in [6.07, 6.45) is 0. The molecular weight excluding hydrogens is 366 g/mol. The largest absolute Gasteiger partial charge is 0.495 e. The molecule has 1 fully saturated rings. The van der Waals surface area contributed by atoms with Crippen molar-refractivity contribution in [3.8, 4) is 11.8 Å². The smallest absolute Gasteiger partial charge is 0.156 e. The predicted octanol–water partition coefficient (Wildman–Crippen LogP) is 3.00. The van der Waals surface area contributed by atoms with E-state index in [2.05, 4.69) is 38.6 Å². The summed E-state index contributed by atoms with van der Waals surface area (Å²) in [5, 5.41) is 33.3. The molecule has 3 aromatic rings. The van der Waals surface area contributed by atoms with Crippen LogP contribution in [0.4, 0.5) is 11.5 Å². The van der Waals surface area contributed by atoms with E-state index < -0.39 is 5.60 Å². The Labute approximate surface area is 169 Å². The Morgan fingerprint density at radius 2 is 2.03 bits per heavy atom. The van der Waals surface area contributed by atoms with Gasteiger partial charge in [0.25, 0.3) is 0 Å². The quantitative estimate of drug-likeness (QED) is 0.693. The lowest BCUT2D eigenvalue weighted by atomic mass is 9.95. The molecule has 0 unspecified atom stereocenters. The number of benzene rings is 2. The van der Waals surface area contributed by atoms with E-state index in [-0.39, 0.29) is 0 Å². The first-order valence-corrected chi connectivity index (χ1v) is 9.46. The molecule has 2 aromatic carbocycles. The molecule has 2 heterocycles. The average Bonchev–Trinajstić information content (AvgIpc) is 2.70. The number of ether oxygens (including phenoxy) is 1. The van der Waals surface area contributed by atoms with Crippen molar-refractivity contribution < 1.29 is 9.84 Å². The number of nitriles is 1. The highest BCUT2D eigenvalue weighted by Gasteiger charge is 2.36. The average molecular weight is 389 g/mol. The summed E-state index contributed by atoms with van der Waals surface area (Å²) >= 11 is 0. The summed E-state index contributed by atoms with van der Waals surface area (Å²) in [7, 11) is 1.56. The summed E-state index contributed by atoms with van der Waals surface area (Å²) in [5.74, 6) is 1.24. The highest BCUT2D eigenvalue weighted by Crippen LogP contribution is 2.33. The van der Waals surface area contributed by atoms with E-state index >= 15 is 0 Å². The molecule has 1 aliphatic heterocycles. The number of β-amino-alcohol motifs (C(OH)–C–C–N with tert-alkyl or cyclic N) is 1. The second-order valence-corrected chi connectivity index (χ2v) is 7.68. The maximum atomic E-state index is 10.0. The topological polar surface area (TPSA) is 94.3 Å². The molecule has 0 aliphatic carbocycles. The number of aryl methyl sites for hydroxylation is 1. The number of hydrogen-bond donors (Lipinski definition) is 2. The third kappa shape index (κ3) is 3.55. The zero-order chi connectivity index (χ0) is 20.6. The van der Waals surface area contributed by atoms with Gasteiger partial charge in [-0.3, -0.25) is 0 Å². The molecule has 0 radical (unpaired) electrons. The van der Waals surface area contributed by atoms with Gasteiger partial charge >= 0.3 is 0 Å². The third-order valence-electron chi connectivity index (χ3n) is 5.24. The Balaban J connectivity index is 1.66. The van der Waals surface area contributed by atoms with Gasteiger partial charge in [-0.15, -0.1) is 5.10 Å². The molecule has 29 heavy (non-hydrogen) atoms. The van der Waals surface area contributed by atoms with Crippen molar-refractivity contribution in [1.29, 1.82) is 5.26 Å². The van der Waals surface area contributed by atoms with Gasteiger partial charge in [-0.1, -0.05) is 18.2 Å². The van der Waals surface area contributed by atoms with Crippen LogP contribution >= 0.6 is 0 Å². The summed E-state index contributed by atoms with van der Waals surface area (Å²) in [6.45, 7) is 5.45. The number of rotatable bonds is 5. The first-order chi connectivity index (χ1) is 13.9. The molecule has 1 aromatic heterocycles. The van der Waals surface area contributed by atoms with Gasteiger partial charge in [-0.2, -0.15) is 10.4 Å². The standard InChI is InChI=1S/C22H23N5O2/c1-14-18-8-7-17(27-12-22(2,28)13-27)9-19(18)21(26-25-14)24-11-16-6-4-5-15(10-23)20(16)29-3/h4-9,28H,11-13H2,1-3H3,(H,24,26). The van der Waals surface area contributed by atoms with E-state index in [1.165, 1.54) is 0 Å². The van der Waals surface area contributed by atoms with Crippen LogP contribution < -0.4 is 15.0 Å². The summed E-state index contributed by atoms with van der Waals surface area (Å²) in [4.78, 5) is 2.14. The lowest BCUT2D eigenvalue weighted by Gasteiger charge is -2.45. The van der Waals surface area contributed by atoms with Crippen LogP contribution in [-0.2, 0) is 6.54 Å². The zero-order valence-corrected chi connectivity index (χ0v) is 16.7. The zero-order valence-electron chi connectivity index (χ0n) is 16.7. The molecular formula is C22H23N5O2. The van der Waals surface area contributed by atoms with Crippen molar-refractivity contribution in [1.82, 2.24) is 10.2 Å². The fourth-order valence-electron chi connectivity index (χ4n) is 3.79. The monoisotopic (exact) mass is 389 g/mol. The summed E-state index contributed by atoms with van der Waals surface area (Å²) in [6, 6.07) is 13.8. The van der Waals surface area contributed by atoms with Crippen molar-refractivity contribution in [3.63, 3.8) is 0 Å². The molecule has 0 atom stereocenters. The van der Waals surface area contributed by atoms with E-state index in [4.69, 9.17) is 4.74 Å². The Morgan fingerprint density at radius 1 is 1.24 bits per heavy atom. The van der Waals surface area contributed by atoms with Gasteiger partial charge in [-0.05, 0) is 32.0 Å². The van der Waals surface area contributed by atoms with Crippen LogP contribution in [0.5, 0.6) is 5.75 Å². The van der Waals surface area contributed by atoms with Crippen LogP contribution in [0, 0.1) is 18.3 Å². The molecule has 1 saturated heterocycles. The lowest BCUT2D eigenvalue weighted by Crippen LogP contribution is -2.60. The van der Waals surface area contributed by atoms with Crippen LogP contribution in [-0.4, -0.2) is 41.1 Å². The Bertz CT molecular complexity index is 1110. The number of methoxy groups -OCH3 is 1. The molecule has 2 N–H and O–H groups in total. The fourth-order valence-corrected chi connectivity index (χ4v) is 3.79. The predicted molar refractivity (Wildman–Crippen MR) is 112 cm³/mol. The minimum absolute atomic E-state index is 0.453. The minimum atomic E-state index is -0.634. The Kier molecular flexibility index (Phi) is 4.73. The molecule has 1 aliphatic rings. The number of hydrogen-bond acceptors (Lipinski definition) is 7. The van der Waals surface area contributed by atoms with Gasteiger partial charge in [0.15, 0.2) is 5.82 Å². The second kappa shape index (κ2) is 7.22. The first-order valence-electron chi connectivity index (χ1n) is 9.46. The van der Waals surface area contributed by atoms with Gasteiger partial charge < -0.3 is 20.1 Å². The third-order valence-corrected chi connectivity index (χ3v) is 5.24. The lowest BCUT2D eigenvalue weighted by molar-refractivity contribution is 0.0310. The minimum Gasteiger partial charge on any atom is -0.495 e. The number of nitrogens with zero attached hydrogens (tertiary/aromatic N) is 4. The number of aliphatic hydroxyl groups is 1. The van der Waals surface area contributed by atoms with Crippen molar-refractivity contribution in [3.05, 3.63) is 53.2 Å². The highest BCUT2D eigenvalue weighted by atomic mass is 16.5. The van der Waals surface area contributed by atoms with E-state index in [1.807, 2.05) is 32.0 Å². The van der Waals surface area contributed by atoms with Crippen LogP contribution in [0.2, 0.25) is 0 Å². The summed E-state index contributed by atoms with van der Waals surface area (Å²) in [5.41, 5.74) is 2.64. The van der Waals surface area contributed by atoms with Gasteiger partial charge in [-0.25, -0.2) is 0 Å². The Morgan fingerprint density at radius 3 is 2.72 bits per heavy atom. The maximum absolute atomic E-state index is 10.0. The highest BCUT2D eigenvalue weighted by molar-refractivity contribution is 5.95. The van der Waals surface area contributed by atoms with E-state index in [1.54, 1.807) is 13.2 Å². The number of anilines is 2. The van der Waals surface area contributed by atoms with Gasteiger partial charge in [0.05, 0.1) is 24.0 Å². The van der Waals surface area contributed by atoms with Crippen molar-refractivity contribution in [2.75, 3.05) is 30.4 Å². The van der Waals surface area contributed by atoms with Gasteiger partial charge in [0, 0.05) is 41.7 Å². The van der Waals surface area contributed by atoms with Crippen LogP contribution in [0.25, 0.3) is 10.8 Å². The van der Waals surface area contributed by atoms with Crippen molar-refractivity contribution in [2.24, 2.45) is 0 Å². The number of para-hydroxylation sites is 1. The molecule has 148 valence electrons. The summed E-state index contributed by atoms with van der Waals surface area (Å²) < 4.78 is 5.43. The number of fused-ring (bicyclic) bond motifs is 1. The number of nitrogens with one attached hydrogen (secondary N) is 1. The normalized spacial score (nSPS) is 14.9. The van der Waals surface area contributed by atoms with E-state index in [0.717, 1.165) is 27.7 Å². The van der Waals surface area contributed by atoms with Crippen LogP contribution in [0.15, 0.2) is 36.4 Å². The van der Waals surface area contributed by atoms with E-state index in [0.29, 0.717) is 36.8 Å². The molecule has 0 bridgehead atoms. The maximum Gasteiger partial charge on any atom is 0.156 e. The fraction of sp³-hybridized carbons (Fsp3) is 0.318. The molecule has 7 nitrogen and oxygen atoms in total. The van der Waals surface area contributed by atoms with Crippen LogP contribution in [0.1, 0.15) is 23.7 Å². The van der Waals surface area contributed by atoms with Gasteiger partial charge in [0.1, 0.15) is 11.8 Å². The molecule has 4 rings (SSSR count). The van der Waals surface area contributed by atoms with Crippen molar-refractivity contribution >= 4 is 22.3 Å². The molecule has 0 amide bonds. The molecule has 0 saturated carbocycles. The van der Waals surface area contributed by atoms with Gasteiger partial charge in [0.2, 0.25) is 0 Å². The number of aromatic nitrogens is 2. The Hall–Kier alpha value is -3.37. The first kappa shape index (κ1) is 19.0. The van der Waals surface area contributed by atoms with Crippen LogP contribution in [0.3, 0.4) is 0 Å². The molecule has 0 spiro atoms. The SMILES string of the molecule is COc1c(C#N)cccc1CNc1nnc(C)c2ccc(N3CC(C)(O)C3)cc12. The van der Waals surface area contributed by atoms with E-state index in [9.17, 15) is 10.4 Å².